The number of benzene rings is 2. The van der Waals surface area contributed by atoms with Gasteiger partial charge in [-0.3, -0.25) is 9.59 Å². The summed E-state index contributed by atoms with van der Waals surface area (Å²) < 4.78 is 0. The van der Waals surface area contributed by atoms with E-state index in [1.54, 1.807) is 24.3 Å². The van der Waals surface area contributed by atoms with Crippen LogP contribution in [0.2, 0.25) is 0 Å². The number of anilines is 1. The number of carbonyl (C=O) groups is 2. The summed E-state index contributed by atoms with van der Waals surface area (Å²) in [6.07, 6.45) is 1.25. The van der Waals surface area contributed by atoms with E-state index < -0.39 is 11.8 Å². The van der Waals surface area contributed by atoms with Gasteiger partial charge < -0.3 is 16.4 Å². The Hall–Kier alpha value is -3.59. The van der Waals surface area contributed by atoms with Crippen molar-refractivity contribution in [1.82, 2.24) is 5.32 Å². The molecule has 0 aliphatic carbocycles. The minimum absolute atomic E-state index is 0.106. The Morgan fingerprint density at radius 2 is 1.75 bits per heavy atom. The molecule has 24 heavy (non-hydrogen) atoms. The third-order valence-electron chi connectivity index (χ3n) is 3.23. The molecule has 2 aromatic carbocycles. The van der Waals surface area contributed by atoms with E-state index in [9.17, 15) is 9.59 Å². The molecule has 0 unspecified atom stereocenters. The summed E-state index contributed by atoms with van der Waals surface area (Å²) in [6.45, 7) is 0.316. The number of para-hydroxylation sites is 1. The van der Waals surface area contributed by atoms with Crippen molar-refractivity contribution in [2.45, 2.75) is 6.54 Å². The Morgan fingerprint density at radius 3 is 2.42 bits per heavy atom. The molecule has 120 valence electrons. The van der Waals surface area contributed by atoms with Gasteiger partial charge in [-0.05, 0) is 17.7 Å². The third kappa shape index (κ3) is 4.45. The minimum atomic E-state index is -0.599. The highest BCUT2D eigenvalue weighted by Crippen LogP contribution is 2.14. The SMILES string of the molecule is N#C/C(=C/Nc1ccccc1C(N)=O)C(=O)NCc1ccccc1. The van der Waals surface area contributed by atoms with Gasteiger partial charge in [-0.1, -0.05) is 42.5 Å². The summed E-state index contributed by atoms with van der Waals surface area (Å²) in [5.41, 5.74) is 6.80. The van der Waals surface area contributed by atoms with Crippen molar-refractivity contribution in [2.75, 3.05) is 5.32 Å². The van der Waals surface area contributed by atoms with Gasteiger partial charge in [0.15, 0.2) is 0 Å². The number of nitrogens with two attached hydrogens (primary N) is 1. The van der Waals surface area contributed by atoms with Crippen LogP contribution in [-0.4, -0.2) is 11.8 Å². The Bertz CT molecular complexity index is 807. The maximum atomic E-state index is 12.1. The molecule has 0 radical (unpaired) electrons. The molecule has 2 aromatic rings. The van der Waals surface area contributed by atoms with Crippen LogP contribution in [0.15, 0.2) is 66.4 Å². The van der Waals surface area contributed by atoms with Crippen LogP contribution in [0.5, 0.6) is 0 Å². The number of hydrogen-bond acceptors (Lipinski definition) is 4. The van der Waals surface area contributed by atoms with Gasteiger partial charge in [0.1, 0.15) is 11.6 Å². The molecular formula is C18H16N4O2. The molecule has 0 heterocycles. The predicted octanol–water partition coefficient (Wildman–Crippen LogP) is 1.92. The van der Waals surface area contributed by atoms with Crippen LogP contribution in [-0.2, 0) is 11.3 Å². The van der Waals surface area contributed by atoms with Crippen LogP contribution in [0.25, 0.3) is 0 Å². The van der Waals surface area contributed by atoms with E-state index in [-0.39, 0.29) is 11.1 Å². The number of amides is 2. The summed E-state index contributed by atoms with van der Waals surface area (Å²) in [6, 6.07) is 17.8. The molecule has 0 spiro atoms. The second-order valence-electron chi connectivity index (χ2n) is 4.89. The van der Waals surface area contributed by atoms with Crippen LogP contribution in [0.3, 0.4) is 0 Å². The molecule has 4 N–H and O–H groups in total. The molecule has 0 saturated carbocycles. The monoisotopic (exact) mass is 320 g/mol. The molecule has 0 fully saturated rings. The standard InChI is InChI=1S/C18H16N4O2/c19-10-14(18(24)22-11-13-6-2-1-3-7-13)12-21-16-9-5-4-8-15(16)17(20)23/h1-9,12,21H,11H2,(H2,20,23)(H,22,24)/b14-12-. The number of hydrogen-bond donors (Lipinski definition) is 3. The van der Waals surface area contributed by atoms with Gasteiger partial charge >= 0.3 is 0 Å². The summed E-state index contributed by atoms with van der Waals surface area (Å²) >= 11 is 0. The number of primary amides is 1. The van der Waals surface area contributed by atoms with Crippen molar-refractivity contribution in [3.05, 3.63) is 77.5 Å². The van der Waals surface area contributed by atoms with E-state index in [0.29, 0.717) is 12.2 Å². The van der Waals surface area contributed by atoms with Gasteiger partial charge in [0.05, 0.1) is 11.3 Å². The van der Waals surface area contributed by atoms with Gasteiger partial charge in [0, 0.05) is 12.7 Å². The predicted molar refractivity (Wildman–Crippen MR) is 90.6 cm³/mol. The fourth-order valence-corrected chi connectivity index (χ4v) is 2.00. The molecule has 0 aliphatic heterocycles. The zero-order chi connectivity index (χ0) is 17.4. The lowest BCUT2D eigenvalue weighted by Crippen LogP contribution is -2.24. The normalized spacial score (nSPS) is 10.5. The van der Waals surface area contributed by atoms with Crippen molar-refractivity contribution >= 4 is 17.5 Å². The number of nitrogens with zero attached hydrogens (tertiary/aromatic N) is 1. The van der Waals surface area contributed by atoms with E-state index >= 15 is 0 Å². The van der Waals surface area contributed by atoms with Gasteiger partial charge in [0.2, 0.25) is 0 Å². The maximum Gasteiger partial charge on any atom is 0.263 e. The molecule has 0 aromatic heterocycles. The Morgan fingerprint density at radius 1 is 1.08 bits per heavy atom. The molecule has 0 aliphatic rings. The summed E-state index contributed by atoms with van der Waals surface area (Å²) in [5.74, 6) is -1.11. The molecule has 0 saturated heterocycles. The fourth-order valence-electron chi connectivity index (χ4n) is 2.00. The van der Waals surface area contributed by atoms with Crippen LogP contribution in [0.4, 0.5) is 5.69 Å². The maximum absolute atomic E-state index is 12.1. The summed E-state index contributed by atoms with van der Waals surface area (Å²) in [5, 5.41) is 14.6. The van der Waals surface area contributed by atoms with Gasteiger partial charge in [-0.25, -0.2) is 0 Å². The average Bonchev–Trinajstić information content (AvgIpc) is 2.61. The fraction of sp³-hybridized carbons (Fsp3) is 0.0556. The van der Waals surface area contributed by atoms with Gasteiger partial charge in [-0.15, -0.1) is 0 Å². The second-order valence-corrected chi connectivity index (χ2v) is 4.89. The van der Waals surface area contributed by atoms with Crippen LogP contribution >= 0.6 is 0 Å². The van der Waals surface area contributed by atoms with E-state index in [4.69, 9.17) is 11.0 Å². The quantitative estimate of drug-likeness (QED) is 0.558. The molecular weight excluding hydrogens is 304 g/mol. The topological polar surface area (TPSA) is 108 Å². The first-order chi connectivity index (χ1) is 11.6. The van der Waals surface area contributed by atoms with Crippen molar-refractivity contribution < 1.29 is 9.59 Å². The molecule has 6 heteroatoms. The van der Waals surface area contributed by atoms with Crippen LogP contribution in [0, 0.1) is 11.3 Å². The molecule has 6 nitrogen and oxygen atoms in total. The van der Waals surface area contributed by atoms with Crippen molar-refractivity contribution in [1.29, 1.82) is 5.26 Å². The van der Waals surface area contributed by atoms with Crippen molar-refractivity contribution in [3.8, 4) is 6.07 Å². The summed E-state index contributed by atoms with van der Waals surface area (Å²) in [7, 11) is 0. The molecule has 2 rings (SSSR count). The first-order valence-electron chi connectivity index (χ1n) is 7.19. The van der Waals surface area contributed by atoms with E-state index in [1.165, 1.54) is 6.20 Å². The third-order valence-corrected chi connectivity index (χ3v) is 3.23. The smallest absolute Gasteiger partial charge is 0.263 e. The lowest BCUT2D eigenvalue weighted by Gasteiger charge is -2.07. The molecule has 0 bridgehead atoms. The average molecular weight is 320 g/mol. The zero-order valence-corrected chi connectivity index (χ0v) is 12.8. The lowest BCUT2D eigenvalue weighted by atomic mass is 10.1. The number of nitriles is 1. The highest BCUT2D eigenvalue weighted by Gasteiger charge is 2.10. The highest BCUT2D eigenvalue weighted by atomic mass is 16.2. The second kappa shape index (κ2) is 8.15. The number of nitrogens with one attached hydrogen (secondary N) is 2. The van der Waals surface area contributed by atoms with Gasteiger partial charge in [-0.2, -0.15) is 5.26 Å². The van der Waals surface area contributed by atoms with Crippen LogP contribution in [0.1, 0.15) is 15.9 Å². The van der Waals surface area contributed by atoms with Gasteiger partial charge in [0.25, 0.3) is 11.8 Å². The minimum Gasteiger partial charge on any atom is -0.366 e. The summed E-state index contributed by atoms with van der Waals surface area (Å²) in [4.78, 5) is 23.4. The lowest BCUT2D eigenvalue weighted by molar-refractivity contribution is -0.117. The Labute approximate surface area is 139 Å². The van der Waals surface area contributed by atoms with Crippen molar-refractivity contribution in [2.24, 2.45) is 5.73 Å². The largest absolute Gasteiger partial charge is 0.366 e. The van der Waals surface area contributed by atoms with E-state index in [2.05, 4.69) is 10.6 Å². The van der Waals surface area contributed by atoms with Crippen LogP contribution < -0.4 is 16.4 Å². The Balaban J connectivity index is 2.05. The number of carbonyl (C=O) groups excluding carboxylic acids is 2. The highest BCUT2D eigenvalue weighted by molar-refractivity contribution is 6.00. The van der Waals surface area contributed by atoms with E-state index in [0.717, 1.165) is 5.56 Å². The van der Waals surface area contributed by atoms with Crippen molar-refractivity contribution in [3.63, 3.8) is 0 Å². The molecule has 0 atom stereocenters. The van der Waals surface area contributed by atoms with E-state index in [1.807, 2.05) is 36.4 Å². The first kappa shape index (κ1) is 16.8. The zero-order valence-electron chi connectivity index (χ0n) is 12.8. The Kier molecular flexibility index (Phi) is 5.70. The first-order valence-corrected chi connectivity index (χ1v) is 7.19. The number of rotatable bonds is 6. The molecule has 2 amide bonds.